The second-order valence-corrected chi connectivity index (χ2v) is 6.36. The van der Waals surface area contributed by atoms with E-state index in [-0.39, 0.29) is 23.2 Å². The lowest BCUT2D eigenvalue weighted by Crippen LogP contribution is -2.32. The Morgan fingerprint density at radius 2 is 2.22 bits per heavy atom. The molecule has 4 rings (SSSR count). The second kappa shape index (κ2) is 5.17. The molecule has 0 radical (unpaired) electrons. The number of rotatable bonds is 1. The van der Waals surface area contributed by atoms with Crippen LogP contribution < -0.4 is 15.4 Å². The lowest BCUT2D eigenvalue weighted by atomic mass is 10.2. The molecule has 1 aliphatic rings. The zero-order valence-electron chi connectivity index (χ0n) is 12.3. The van der Waals surface area contributed by atoms with Crippen molar-refractivity contribution in [3.05, 3.63) is 35.1 Å². The Bertz CT molecular complexity index is 923. The Balaban J connectivity index is 1.81. The van der Waals surface area contributed by atoms with Gasteiger partial charge in [-0.05, 0) is 25.1 Å². The summed E-state index contributed by atoms with van der Waals surface area (Å²) in [6.45, 7) is 2.70. The van der Waals surface area contributed by atoms with E-state index in [4.69, 9.17) is 10.5 Å². The largest absolute Gasteiger partial charge is 0.475 e. The van der Waals surface area contributed by atoms with E-state index in [0.29, 0.717) is 13.2 Å². The first kappa shape index (κ1) is 13.9. The molecule has 23 heavy (non-hydrogen) atoms. The van der Waals surface area contributed by atoms with Gasteiger partial charge in [-0.25, -0.2) is 15.0 Å². The van der Waals surface area contributed by atoms with Gasteiger partial charge in [0.25, 0.3) is 5.91 Å². The molecular weight excluding hydrogens is 314 g/mol. The van der Waals surface area contributed by atoms with Gasteiger partial charge in [0.2, 0.25) is 5.88 Å². The van der Waals surface area contributed by atoms with E-state index in [2.05, 4.69) is 15.0 Å². The van der Waals surface area contributed by atoms with Gasteiger partial charge in [-0.2, -0.15) is 0 Å². The molecule has 0 saturated carbocycles. The van der Waals surface area contributed by atoms with Crippen LogP contribution in [0.15, 0.2) is 24.5 Å². The molecule has 0 atom stereocenters. The minimum atomic E-state index is -0.262. The van der Waals surface area contributed by atoms with Gasteiger partial charge < -0.3 is 15.4 Å². The predicted molar refractivity (Wildman–Crippen MR) is 88.0 cm³/mol. The molecule has 2 aromatic heterocycles. The molecule has 3 heterocycles. The standard InChI is InChI=1S/C15H13N5O2S/c1-8-19-10-6-9(2-3-11(10)23-8)20-4-5-22-14-12(15(20)21)13(16)17-7-18-14/h2-3,6-7H,4-5H2,1H3,(H2,16,17,18). The average Bonchev–Trinajstić information content (AvgIpc) is 2.81. The highest BCUT2D eigenvalue weighted by atomic mass is 32.1. The van der Waals surface area contributed by atoms with Crippen molar-refractivity contribution in [2.75, 3.05) is 23.8 Å². The molecule has 0 saturated heterocycles. The van der Waals surface area contributed by atoms with Crippen LogP contribution in [0.4, 0.5) is 11.5 Å². The molecule has 1 aliphatic heterocycles. The maximum absolute atomic E-state index is 12.9. The monoisotopic (exact) mass is 327 g/mol. The minimum Gasteiger partial charge on any atom is -0.475 e. The third-order valence-corrected chi connectivity index (χ3v) is 4.60. The smallest absolute Gasteiger partial charge is 0.267 e. The normalized spacial score (nSPS) is 14.5. The average molecular weight is 327 g/mol. The van der Waals surface area contributed by atoms with E-state index >= 15 is 0 Å². The topological polar surface area (TPSA) is 94.2 Å². The number of carbonyl (C=O) groups excluding carboxylic acids is 1. The Kier molecular flexibility index (Phi) is 3.12. The van der Waals surface area contributed by atoms with Crippen molar-refractivity contribution in [3.8, 4) is 5.88 Å². The Labute approximate surface area is 135 Å². The number of amides is 1. The number of nitrogens with zero attached hydrogens (tertiary/aromatic N) is 4. The predicted octanol–water partition coefficient (Wildman–Crippen LogP) is 2.02. The van der Waals surface area contributed by atoms with Crippen LogP contribution >= 0.6 is 11.3 Å². The van der Waals surface area contributed by atoms with Gasteiger partial charge >= 0.3 is 0 Å². The number of aromatic nitrogens is 3. The molecule has 0 fully saturated rings. The SMILES string of the molecule is Cc1nc2cc(N3CCOc4ncnc(N)c4C3=O)ccc2s1. The highest BCUT2D eigenvalue weighted by Crippen LogP contribution is 2.30. The van der Waals surface area contributed by atoms with Crippen molar-refractivity contribution >= 4 is 39.0 Å². The summed E-state index contributed by atoms with van der Waals surface area (Å²) < 4.78 is 6.63. The second-order valence-electron chi connectivity index (χ2n) is 5.13. The fraction of sp³-hybridized carbons (Fsp3) is 0.200. The lowest BCUT2D eigenvalue weighted by molar-refractivity contribution is 0.0990. The molecule has 1 amide bonds. The third-order valence-electron chi connectivity index (χ3n) is 3.64. The van der Waals surface area contributed by atoms with Gasteiger partial charge in [0.1, 0.15) is 24.3 Å². The quantitative estimate of drug-likeness (QED) is 0.735. The van der Waals surface area contributed by atoms with E-state index in [1.807, 2.05) is 25.1 Å². The number of fused-ring (bicyclic) bond motifs is 2. The van der Waals surface area contributed by atoms with Gasteiger partial charge in [0.15, 0.2) is 0 Å². The number of nitrogen functional groups attached to an aromatic ring is 1. The zero-order chi connectivity index (χ0) is 16.0. The van der Waals surface area contributed by atoms with E-state index in [1.54, 1.807) is 16.2 Å². The Morgan fingerprint density at radius 1 is 1.35 bits per heavy atom. The number of anilines is 2. The van der Waals surface area contributed by atoms with Crippen molar-refractivity contribution in [2.45, 2.75) is 6.92 Å². The maximum Gasteiger partial charge on any atom is 0.267 e. The number of thiazole rings is 1. The van der Waals surface area contributed by atoms with Crippen LogP contribution in [0.25, 0.3) is 10.2 Å². The van der Waals surface area contributed by atoms with Crippen molar-refractivity contribution in [1.82, 2.24) is 15.0 Å². The van der Waals surface area contributed by atoms with Gasteiger partial charge in [-0.1, -0.05) is 0 Å². The fourth-order valence-corrected chi connectivity index (χ4v) is 3.42. The number of benzene rings is 1. The van der Waals surface area contributed by atoms with Gasteiger partial charge in [0.05, 0.1) is 21.8 Å². The Morgan fingerprint density at radius 3 is 3.09 bits per heavy atom. The van der Waals surface area contributed by atoms with E-state index < -0.39 is 0 Å². The summed E-state index contributed by atoms with van der Waals surface area (Å²) in [5.74, 6) is 0.0926. The first-order valence-corrected chi connectivity index (χ1v) is 7.87. The van der Waals surface area contributed by atoms with Gasteiger partial charge in [-0.3, -0.25) is 4.79 Å². The van der Waals surface area contributed by atoms with Crippen LogP contribution in [0, 0.1) is 6.92 Å². The highest BCUT2D eigenvalue weighted by Gasteiger charge is 2.28. The molecule has 8 heteroatoms. The molecular formula is C15H13N5O2S. The molecule has 7 nitrogen and oxygen atoms in total. The zero-order valence-corrected chi connectivity index (χ0v) is 13.1. The van der Waals surface area contributed by atoms with Crippen molar-refractivity contribution in [3.63, 3.8) is 0 Å². The van der Waals surface area contributed by atoms with Crippen LogP contribution in [0.2, 0.25) is 0 Å². The van der Waals surface area contributed by atoms with E-state index in [1.165, 1.54) is 6.33 Å². The molecule has 2 N–H and O–H groups in total. The van der Waals surface area contributed by atoms with Crippen LogP contribution in [-0.4, -0.2) is 34.0 Å². The number of hydrogen-bond acceptors (Lipinski definition) is 7. The van der Waals surface area contributed by atoms with Gasteiger partial charge in [-0.15, -0.1) is 11.3 Å². The number of carbonyl (C=O) groups is 1. The van der Waals surface area contributed by atoms with Crippen molar-refractivity contribution < 1.29 is 9.53 Å². The van der Waals surface area contributed by atoms with Crippen LogP contribution in [0.5, 0.6) is 5.88 Å². The van der Waals surface area contributed by atoms with Crippen molar-refractivity contribution in [2.24, 2.45) is 0 Å². The summed E-state index contributed by atoms with van der Waals surface area (Å²) in [4.78, 5) is 26.9. The summed E-state index contributed by atoms with van der Waals surface area (Å²) in [5, 5.41) is 0.991. The first-order valence-electron chi connectivity index (χ1n) is 7.06. The summed E-state index contributed by atoms with van der Waals surface area (Å²) >= 11 is 1.62. The summed E-state index contributed by atoms with van der Waals surface area (Å²) in [6, 6.07) is 5.78. The lowest BCUT2D eigenvalue weighted by Gasteiger charge is -2.20. The molecule has 0 aliphatic carbocycles. The minimum absolute atomic E-state index is 0.123. The first-order chi connectivity index (χ1) is 11.1. The summed E-state index contributed by atoms with van der Waals surface area (Å²) in [6.07, 6.45) is 1.29. The third kappa shape index (κ3) is 2.27. The number of ether oxygens (including phenoxy) is 1. The molecule has 1 aromatic carbocycles. The number of nitrogens with two attached hydrogens (primary N) is 1. The van der Waals surface area contributed by atoms with Crippen LogP contribution in [-0.2, 0) is 0 Å². The van der Waals surface area contributed by atoms with Crippen LogP contribution in [0.1, 0.15) is 15.4 Å². The molecule has 0 spiro atoms. The molecule has 116 valence electrons. The maximum atomic E-state index is 12.9. The molecule has 0 unspecified atom stereocenters. The molecule has 3 aromatic rings. The fourth-order valence-electron chi connectivity index (χ4n) is 2.61. The number of hydrogen-bond donors (Lipinski definition) is 1. The number of aryl methyl sites for hydroxylation is 1. The Hall–Kier alpha value is -2.74. The van der Waals surface area contributed by atoms with Crippen LogP contribution in [0.3, 0.4) is 0 Å². The highest BCUT2D eigenvalue weighted by molar-refractivity contribution is 7.18. The van der Waals surface area contributed by atoms with Gasteiger partial charge in [0, 0.05) is 5.69 Å². The van der Waals surface area contributed by atoms with E-state index in [9.17, 15) is 4.79 Å². The van der Waals surface area contributed by atoms with E-state index in [0.717, 1.165) is 20.9 Å². The van der Waals surface area contributed by atoms with Crippen molar-refractivity contribution in [1.29, 1.82) is 0 Å². The summed E-state index contributed by atoms with van der Waals surface area (Å²) in [7, 11) is 0. The molecule has 0 bridgehead atoms. The summed E-state index contributed by atoms with van der Waals surface area (Å²) in [5.41, 5.74) is 7.69.